The zero-order chi connectivity index (χ0) is 14.9. The van der Waals surface area contributed by atoms with Gasteiger partial charge in [-0.05, 0) is 69.4 Å². The van der Waals surface area contributed by atoms with Gasteiger partial charge in [-0.2, -0.15) is 0 Å². The van der Waals surface area contributed by atoms with Crippen LogP contribution in [0.5, 0.6) is 0 Å². The van der Waals surface area contributed by atoms with Crippen LogP contribution in [0.1, 0.15) is 59.3 Å². The molecule has 4 rings (SSSR count). The molecule has 3 nitrogen and oxygen atoms in total. The standard InChI is InChI=1S/C18H26N2OS.ClH/c21-18(16-12-22-17-4-2-1-3-15(16)17)20-9-7-14(8-10-20)19-11-13-5-6-13;/h12-14,19H,1-11H2;1H. The average molecular weight is 355 g/mol. The summed E-state index contributed by atoms with van der Waals surface area (Å²) < 4.78 is 0. The van der Waals surface area contributed by atoms with Crippen molar-refractivity contribution in [3.63, 3.8) is 0 Å². The number of thiophene rings is 1. The van der Waals surface area contributed by atoms with Crippen molar-refractivity contribution in [2.45, 2.75) is 57.4 Å². The highest BCUT2D eigenvalue weighted by molar-refractivity contribution is 7.10. The molecule has 0 radical (unpaired) electrons. The molecule has 0 bridgehead atoms. The maximum atomic E-state index is 12.8. The van der Waals surface area contributed by atoms with Gasteiger partial charge in [-0.3, -0.25) is 4.79 Å². The lowest BCUT2D eigenvalue weighted by Crippen LogP contribution is -2.45. The molecular formula is C18H27ClN2OS. The zero-order valence-corrected chi connectivity index (χ0v) is 15.3. The number of likely N-dealkylation sites (tertiary alicyclic amines) is 1. The number of halogens is 1. The van der Waals surface area contributed by atoms with Gasteiger partial charge in [0.1, 0.15) is 0 Å². The van der Waals surface area contributed by atoms with Crippen LogP contribution in [0.3, 0.4) is 0 Å². The SMILES string of the molecule is Cl.O=C(c1csc2c1CCCC2)N1CCC(NCC2CC2)CC1. The van der Waals surface area contributed by atoms with E-state index in [2.05, 4.69) is 15.6 Å². The summed E-state index contributed by atoms with van der Waals surface area (Å²) in [4.78, 5) is 16.4. The van der Waals surface area contributed by atoms with E-state index in [0.717, 1.165) is 43.8 Å². The van der Waals surface area contributed by atoms with Gasteiger partial charge in [0, 0.05) is 29.4 Å². The Morgan fingerprint density at radius 3 is 2.65 bits per heavy atom. The highest BCUT2D eigenvalue weighted by Gasteiger charge is 2.28. The zero-order valence-electron chi connectivity index (χ0n) is 13.7. The van der Waals surface area contributed by atoms with E-state index in [9.17, 15) is 4.79 Å². The fraction of sp³-hybridized carbons (Fsp3) is 0.722. The Morgan fingerprint density at radius 2 is 1.91 bits per heavy atom. The van der Waals surface area contributed by atoms with E-state index in [1.807, 2.05) is 0 Å². The molecule has 128 valence electrons. The molecular weight excluding hydrogens is 328 g/mol. The monoisotopic (exact) mass is 354 g/mol. The topological polar surface area (TPSA) is 32.3 Å². The normalized spacial score (nSPS) is 21.7. The maximum absolute atomic E-state index is 12.8. The minimum absolute atomic E-state index is 0. The predicted molar refractivity (Wildman–Crippen MR) is 97.9 cm³/mol. The molecule has 1 aliphatic heterocycles. The fourth-order valence-electron chi connectivity index (χ4n) is 3.79. The van der Waals surface area contributed by atoms with E-state index in [0.29, 0.717) is 11.9 Å². The van der Waals surface area contributed by atoms with Gasteiger partial charge < -0.3 is 10.2 Å². The van der Waals surface area contributed by atoms with E-state index >= 15 is 0 Å². The first-order valence-electron chi connectivity index (χ1n) is 8.93. The summed E-state index contributed by atoms with van der Waals surface area (Å²) in [5, 5.41) is 5.81. The molecule has 2 heterocycles. The quantitative estimate of drug-likeness (QED) is 0.895. The van der Waals surface area contributed by atoms with Gasteiger partial charge in [0.15, 0.2) is 0 Å². The molecule has 1 aromatic heterocycles. The summed E-state index contributed by atoms with van der Waals surface area (Å²) in [5.74, 6) is 1.23. The van der Waals surface area contributed by atoms with Gasteiger partial charge in [0.25, 0.3) is 5.91 Å². The molecule has 1 aromatic rings. The molecule has 1 saturated heterocycles. The molecule has 1 saturated carbocycles. The second-order valence-electron chi connectivity index (χ2n) is 7.18. The summed E-state index contributed by atoms with van der Waals surface area (Å²) >= 11 is 1.80. The van der Waals surface area contributed by atoms with E-state index in [-0.39, 0.29) is 12.4 Å². The van der Waals surface area contributed by atoms with Crippen molar-refractivity contribution in [3.8, 4) is 0 Å². The van der Waals surface area contributed by atoms with Crippen LogP contribution in [0.15, 0.2) is 5.38 Å². The molecule has 0 spiro atoms. The Kier molecular flexibility index (Phi) is 5.65. The Labute approximate surface area is 149 Å². The molecule has 2 fully saturated rings. The number of carbonyl (C=O) groups excluding carboxylic acids is 1. The Morgan fingerprint density at radius 1 is 1.17 bits per heavy atom. The highest BCUT2D eigenvalue weighted by Crippen LogP contribution is 2.31. The Balaban J connectivity index is 0.00000156. The van der Waals surface area contributed by atoms with Crippen molar-refractivity contribution in [1.29, 1.82) is 0 Å². The lowest BCUT2D eigenvalue weighted by atomic mass is 9.95. The lowest BCUT2D eigenvalue weighted by molar-refractivity contribution is 0.0704. The van der Waals surface area contributed by atoms with Gasteiger partial charge >= 0.3 is 0 Å². The van der Waals surface area contributed by atoms with E-state index in [1.54, 1.807) is 11.3 Å². The fourth-order valence-corrected chi connectivity index (χ4v) is 4.91. The van der Waals surface area contributed by atoms with Gasteiger partial charge in [-0.1, -0.05) is 0 Å². The number of rotatable bonds is 4. The van der Waals surface area contributed by atoms with Crippen molar-refractivity contribution < 1.29 is 4.79 Å². The smallest absolute Gasteiger partial charge is 0.254 e. The van der Waals surface area contributed by atoms with Crippen LogP contribution in [0.25, 0.3) is 0 Å². The number of piperidine rings is 1. The summed E-state index contributed by atoms with van der Waals surface area (Å²) in [6, 6.07) is 0.626. The Hall–Kier alpha value is -0.580. The number of aryl methyl sites for hydroxylation is 1. The first-order chi connectivity index (χ1) is 10.8. The number of hydrogen-bond acceptors (Lipinski definition) is 3. The van der Waals surface area contributed by atoms with Gasteiger partial charge in [0.2, 0.25) is 0 Å². The predicted octanol–water partition coefficient (Wildman–Crippen LogP) is 3.65. The summed E-state index contributed by atoms with van der Waals surface area (Å²) in [6.45, 7) is 3.04. The van der Waals surface area contributed by atoms with E-state index in [1.165, 1.54) is 49.1 Å². The second-order valence-corrected chi connectivity index (χ2v) is 8.14. The molecule has 1 N–H and O–H groups in total. The third-order valence-corrected chi connectivity index (χ3v) is 6.55. The van der Waals surface area contributed by atoms with Crippen LogP contribution in [0.4, 0.5) is 0 Å². The molecule has 2 aliphatic carbocycles. The van der Waals surface area contributed by atoms with E-state index in [4.69, 9.17) is 0 Å². The van der Waals surface area contributed by atoms with Gasteiger partial charge in [0.05, 0.1) is 5.56 Å². The third kappa shape index (κ3) is 3.92. The Bertz CT molecular complexity index is 547. The maximum Gasteiger partial charge on any atom is 0.254 e. The highest BCUT2D eigenvalue weighted by atomic mass is 35.5. The van der Waals surface area contributed by atoms with Gasteiger partial charge in [-0.25, -0.2) is 0 Å². The van der Waals surface area contributed by atoms with Crippen LogP contribution >= 0.6 is 23.7 Å². The molecule has 0 atom stereocenters. The van der Waals surface area contributed by atoms with Crippen molar-refractivity contribution in [2.24, 2.45) is 5.92 Å². The number of hydrogen-bond donors (Lipinski definition) is 1. The average Bonchev–Trinajstić information content (AvgIpc) is 3.30. The van der Waals surface area contributed by atoms with Crippen molar-refractivity contribution in [2.75, 3.05) is 19.6 Å². The largest absolute Gasteiger partial charge is 0.338 e. The summed E-state index contributed by atoms with van der Waals surface area (Å²) in [5.41, 5.74) is 2.39. The minimum atomic E-state index is 0. The van der Waals surface area contributed by atoms with Crippen LogP contribution < -0.4 is 5.32 Å². The van der Waals surface area contributed by atoms with Crippen molar-refractivity contribution in [3.05, 3.63) is 21.4 Å². The van der Waals surface area contributed by atoms with Crippen LogP contribution in [-0.2, 0) is 12.8 Å². The molecule has 5 heteroatoms. The van der Waals surface area contributed by atoms with Crippen LogP contribution in [0, 0.1) is 5.92 Å². The number of fused-ring (bicyclic) bond motifs is 1. The molecule has 0 aromatic carbocycles. The number of amides is 1. The van der Waals surface area contributed by atoms with Crippen molar-refractivity contribution in [1.82, 2.24) is 10.2 Å². The van der Waals surface area contributed by atoms with E-state index < -0.39 is 0 Å². The second kappa shape index (κ2) is 7.54. The third-order valence-electron chi connectivity index (χ3n) is 5.47. The number of nitrogens with zero attached hydrogens (tertiary/aromatic N) is 1. The first kappa shape index (κ1) is 17.2. The summed E-state index contributed by atoms with van der Waals surface area (Å²) in [7, 11) is 0. The van der Waals surface area contributed by atoms with Gasteiger partial charge in [-0.15, -0.1) is 23.7 Å². The lowest BCUT2D eigenvalue weighted by Gasteiger charge is -2.33. The molecule has 1 amide bonds. The van der Waals surface area contributed by atoms with Crippen LogP contribution in [-0.4, -0.2) is 36.5 Å². The molecule has 0 unspecified atom stereocenters. The molecule has 3 aliphatic rings. The number of nitrogens with one attached hydrogen (secondary N) is 1. The minimum Gasteiger partial charge on any atom is -0.338 e. The number of carbonyl (C=O) groups is 1. The van der Waals surface area contributed by atoms with Crippen LogP contribution in [0.2, 0.25) is 0 Å². The summed E-state index contributed by atoms with van der Waals surface area (Å²) in [6.07, 6.45) is 9.88. The van der Waals surface area contributed by atoms with Crippen molar-refractivity contribution >= 4 is 29.7 Å². The molecule has 23 heavy (non-hydrogen) atoms. The first-order valence-corrected chi connectivity index (χ1v) is 9.81.